The van der Waals surface area contributed by atoms with E-state index in [2.05, 4.69) is 5.10 Å². The van der Waals surface area contributed by atoms with Crippen LogP contribution in [-0.4, -0.2) is 27.6 Å². The highest BCUT2D eigenvalue weighted by Gasteiger charge is 2.64. The Balaban J connectivity index is 2.15. The first-order valence-electron chi connectivity index (χ1n) is 10.6. The van der Waals surface area contributed by atoms with E-state index in [1.54, 1.807) is 11.4 Å². The third-order valence-electron chi connectivity index (χ3n) is 5.65. The maximum Gasteiger partial charge on any atom is 0.459 e. The summed E-state index contributed by atoms with van der Waals surface area (Å²) in [5.74, 6) is -10.0. The number of carbonyl (C=O) groups is 2. The number of nitrogens with two attached hydrogens (primary N) is 1. The monoisotopic (exact) mass is 570 g/mol. The highest BCUT2D eigenvalue weighted by molar-refractivity contribution is 6.18. The molecule has 3 aromatic rings. The van der Waals surface area contributed by atoms with E-state index in [-0.39, 0.29) is 26.9 Å². The zero-order chi connectivity index (χ0) is 30.4. The van der Waals surface area contributed by atoms with Crippen molar-refractivity contribution < 1.29 is 44.7 Å². The zero-order valence-electron chi connectivity index (χ0n) is 20.1. The lowest BCUT2D eigenvalue weighted by molar-refractivity contribution is -0.292. The molecule has 1 aromatic heterocycles. The molecule has 0 unspecified atom stereocenters. The van der Waals surface area contributed by atoms with Crippen molar-refractivity contribution in [3.05, 3.63) is 75.0 Å². The highest BCUT2D eigenvalue weighted by Crippen LogP contribution is 2.49. The minimum absolute atomic E-state index is 0.0261. The lowest BCUT2D eigenvalue weighted by atomic mass is 9.91. The molecular formula is C24H14F8N6O2. The van der Waals surface area contributed by atoms with Gasteiger partial charge >= 0.3 is 18.3 Å². The van der Waals surface area contributed by atoms with Gasteiger partial charge in [0.05, 0.1) is 40.1 Å². The van der Waals surface area contributed by atoms with Crippen LogP contribution in [0.3, 0.4) is 0 Å². The summed E-state index contributed by atoms with van der Waals surface area (Å²) in [6, 6.07) is 9.20. The number of benzene rings is 2. The number of aromatic nitrogens is 2. The van der Waals surface area contributed by atoms with Gasteiger partial charge in [0.2, 0.25) is 0 Å². The number of nitrogens with zero attached hydrogens (tertiary/aromatic N) is 4. The summed E-state index contributed by atoms with van der Waals surface area (Å²) in [5.41, 5.74) is -1.12. The number of aryl methyl sites for hydroxylation is 2. The van der Waals surface area contributed by atoms with E-state index in [1.165, 1.54) is 25.1 Å². The molecule has 2 aromatic carbocycles. The summed E-state index contributed by atoms with van der Waals surface area (Å²) in [6.45, 7) is 1.46. The molecule has 3 rings (SSSR count). The van der Waals surface area contributed by atoms with Crippen LogP contribution in [0.2, 0.25) is 0 Å². The van der Waals surface area contributed by atoms with Crippen molar-refractivity contribution in [1.82, 2.24) is 9.78 Å². The van der Waals surface area contributed by atoms with Gasteiger partial charge in [0.15, 0.2) is 11.5 Å². The molecule has 1 amide bonds. The second-order valence-electron chi connectivity index (χ2n) is 8.25. The van der Waals surface area contributed by atoms with Gasteiger partial charge in [0.25, 0.3) is 5.91 Å². The number of ketones is 1. The van der Waals surface area contributed by atoms with E-state index in [9.17, 15) is 50.0 Å². The number of nitriles is 2. The Hall–Kier alpha value is -4.99. The van der Waals surface area contributed by atoms with Gasteiger partial charge in [0.1, 0.15) is 11.4 Å². The van der Waals surface area contributed by atoms with Crippen LogP contribution >= 0.6 is 0 Å². The number of rotatable bonds is 5. The molecule has 0 bridgehead atoms. The summed E-state index contributed by atoms with van der Waals surface area (Å²) in [7, 11) is 0.589. The molecule has 0 aliphatic rings. The second kappa shape index (κ2) is 9.96. The van der Waals surface area contributed by atoms with Crippen molar-refractivity contribution in [2.45, 2.75) is 25.2 Å². The van der Waals surface area contributed by atoms with E-state index in [1.807, 2.05) is 6.07 Å². The van der Waals surface area contributed by atoms with Crippen molar-refractivity contribution in [3.63, 3.8) is 0 Å². The van der Waals surface area contributed by atoms with Gasteiger partial charge < -0.3 is 11.1 Å². The minimum atomic E-state index is -6.45. The molecule has 0 radical (unpaired) electrons. The molecule has 8 nitrogen and oxygen atoms in total. The predicted octanol–water partition coefficient (Wildman–Crippen LogP) is 5.21. The normalized spacial score (nSPS) is 12.0. The van der Waals surface area contributed by atoms with Gasteiger partial charge in [-0.2, -0.15) is 50.7 Å². The number of anilines is 2. The van der Waals surface area contributed by atoms with Crippen molar-refractivity contribution in [3.8, 4) is 12.1 Å². The third-order valence-corrected chi connectivity index (χ3v) is 5.65. The quantitative estimate of drug-likeness (QED) is 0.246. The summed E-state index contributed by atoms with van der Waals surface area (Å²) < 4.78 is 107. The number of halogens is 8. The fourth-order valence-corrected chi connectivity index (χ4v) is 3.74. The van der Waals surface area contributed by atoms with Gasteiger partial charge in [-0.15, -0.1) is 0 Å². The molecule has 0 aliphatic carbocycles. The van der Waals surface area contributed by atoms with E-state index in [0.29, 0.717) is 7.05 Å². The van der Waals surface area contributed by atoms with E-state index >= 15 is 0 Å². The number of amides is 1. The predicted molar refractivity (Wildman–Crippen MR) is 121 cm³/mol. The maximum atomic E-state index is 13.9. The second-order valence-corrected chi connectivity index (χ2v) is 8.25. The molecular weight excluding hydrogens is 556 g/mol. The molecule has 3 N–H and O–H groups in total. The van der Waals surface area contributed by atoms with Crippen molar-refractivity contribution in [1.29, 1.82) is 10.5 Å². The third kappa shape index (κ3) is 5.03. The Bertz CT molecular complexity index is 1620. The molecule has 208 valence electrons. The Labute approximate surface area is 219 Å². The maximum absolute atomic E-state index is 13.9. The van der Waals surface area contributed by atoms with Gasteiger partial charge in [-0.05, 0) is 42.8 Å². The molecule has 0 fully saturated rings. The van der Waals surface area contributed by atoms with Crippen LogP contribution < -0.4 is 11.1 Å². The molecule has 40 heavy (non-hydrogen) atoms. The fourth-order valence-electron chi connectivity index (χ4n) is 3.74. The Morgan fingerprint density at radius 3 is 2.08 bits per heavy atom. The summed E-state index contributed by atoms with van der Waals surface area (Å²) in [4.78, 5) is 26.2. The van der Waals surface area contributed by atoms with Crippen LogP contribution in [0, 0.1) is 29.6 Å². The number of alkyl halides is 8. The molecule has 0 spiro atoms. The first kappa shape index (κ1) is 29.6. The van der Waals surface area contributed by atoms with Crippen LogP contribution in [-0.2, 0) is 19.1 Å². The number of hydrogen-bond acceptors (Lipinski definition) is 6. The van der Waals surface area contributed by atoms with Gasteiger partial charge in [-0.3, -0.25) is 14.3 Å². The molecule has 16 heteroatoms. The Morgan fingerprint density at radius 2 is 1.57 bits per heavy atom. The number of hydrogen-bond donors (Lipinski definition) is 2. The van der Waals surface area contributed by atoms with Gasteiger partial charge in [0, 0.05) is 12.6 Å². The van der Waals surface area contributed by atoms with Crippen LogP contribution in [0.5, 0.6) is 0 Å². The van der Waals surface area contributed by atoms with Crippen LogP contribution in [0.25, 0.3) is 0 Å². The van der Waals surface area contributed by atoms with Crippen molar-refractivity contribution >= 4 is 23.2 Å². The van der Waals surface area contributed by atoms with E-state index in [4.69, 9.17) is 11.0 Å². The number of carbonyl (C=O) groups excluding carboxylic acids is 2. The van der Waals surface area contributed by atoms with E-state index in [0.717, 1.165) is 12.1 Å². The van der Waals surface area contributed by atoms with Crippen LogP contribution in [0.4, 0.5) is 46.6 Å². The summed E-state index contributed by atoms with van der Waals surface area (Å²) in [6.07, 6.45) is -12.3. The van der Waals surface area contributed by atoms with E-state index < -0.39 is 63.9 Å². The van der Waals surface area contributed by atoms with Gasteiger partial charge in [-0.25, -0.2) is 0 Å². The molecule has 0 saturated heterocycles. The molecule has 0 aliphatic heterocycles. The fraction of sp³-hybridized carbons (Fsp3) is 0.208. The standard InChI is InChI=1S/C24H14F8N6O2/c1-10-7-11(8-33)3-5-13(10)18(39)15-12(9-34)4-6-14(17(15)35)21(40)36-20-16(23(27,28)29)19(37-38(20)2)22(25,26)24(30,31)32/h3-7H,35H2,1-2H3,(H,36,40). The number of nitrogens with one attached hydrogen (secondary N) is 1. The first-order valence-corrected chi connectivity index (χ1v) is 10.6. The smallest absolute Gasteiger partial charge is 0.397 e. The average Bonchev–Trinajstić information content (AvgIpc) is 3.19. The lowest BCUT2D eigenvalue weighted by Gasteiger charge is -2.20. The van der Waals surface area contributed by atoms with Crippen molar-refractivity contribution in [2.24, 2.45) is 7.05 Å². The largest absolute Gasteiger partial charge is 0.459 e. The minimum Gasteiger partial charge on any atom is -0.397 e. The van der Waals surface area contributed by atoms with Crippen LogP contribution in [0.15, 0.2) is 30.3 Å². The lowest BCUT2D eigenvalue weighted by Crippen LogP contribution is -2.36. The molecule has 1 heterocycles. The summed E-state index contributed by atoms with van der Waals surface area (Å²) >= 11 is 0. The Morgan fingerprint density at radius 1 is 0.975 bits per heavy atom. The zero-order valence-corrected chi connectivity index (χ0v) is 20.1. The average molecular weight is 570 g/mol. The highest BCUT2D eigenvalue weighted by atomic mass is 19.4. The number of nitrogen functional groups attached to an aromatic ring is 1. The van der Waals surface area contributed by atoms with Gasteiger partial charge in [-0.1, -0.05) is 0 Å². The first-order chi connectivity index (χ1) is 18.4. The van der Waals surface area contributed by atoms with Crippen molar-refractivity contribution in [2.75, 3.05) is 11.1 Å². The summed E-state index contributed by atoms with van der Waals surface area (Å²) in [5, 5.41) is 22.7. The Kier molecular flexibility index (Phi) is 7.36. The topological polar surface area (TPSA) is 138 Å². The van der Waals surface area contributed by atoms with Crippen LogP contribution in [0.1, 0.15) is 54.2 Å². The molecule has 0 saturated carbocycles. The molecule has 0 atom stereocenters. The SMILES string of the molecule is Cc1cc(C#N)ccc1C(=O)c1c(C#N)ccc(C(=O)Nc2c(C(F)(F)F)c(C(F)(F)C(F)(F)F)nn2C)c1N.